The maximum Gasteiger partial charge on any atom is 0.0535 e. The molecule has 0 saturated carbocycles. The maximum atomic E-state index is 5.58. The molecule has 16 heavy (non-hydrogen) atoms. The molecule has 3 heteroatoms. The quantitative estimate of drug-likeness (QED) is 0.615. The summed E-state index contributed by atoms with van der Waals surface area (Å²) in [6, 6.07) is 0. The highest BCUT2D eigenvalue weighted by Crippen LogP contribution is 2.33. The number of hydrogen-bond donors (Lipinski definition) is 1. The number of hydrogen-bond acceptors (Lipinski definition) is 3. The van der Waals surface area contributed by atoms with E-state index in [9.17, 15) is 0 Å². The fourth-order valence-electron chi connectivity index (χ4n) is 2.35. The van der Waals surface area contributed by atoms with Gasteiger partial charge in [-0.05, 0) is 32.2 Å². The van der Waals surface area contributed by atoms with Crippen LogP contribution in [-0.2, 0) is 9.47 Å². The Balaban J connectivity index is 2.22. The predicted molar refractivity (Wildman–Crippen MR) is 66.8 cm³/mol. The zero-order valence-electron chi connectivity index (χ0n) is 10.9. The summed E-state index contributed by atoms with van der Waals surface area (Å²) in [6.45, 7) is 7.23. The van der Waals surface area contributed by atoms with Crippen LogP contribution in [0.2, 0.25) is 0 Å². The van der Waals surface area contributed by atoms with Crippen molar-refractivity contribution in [2.24, 2.45) is 5.41 Å². The van der Waals surface area contributed by atoms with E-state index in [4.69, 9.17) is 9.47 Å². The molecule has 1 rings (SSSR count). The molecular formula is C13H27NO2. The third-order valence-electron chi connectivity index (χ3n) is 3.42. The van der Waals surface area contributed by atoms with E-state index in [1.54, 1.807) is 7.11 Å². The SMILES string of the molecule is CCCNCC1(CCCCOC)CCOC1. The van der Waals surface area contributed by atoms with E-state index < -0.39 is 0 Å². The van der Waals surface area contributed by atoms with Crippen LogP contribution in [0.5, 0.6) is 0 Å². The molecule has 1 aliphatic heterocycles. The number of unbranched alkanes of at least 4 members (excludes halogenated alkanes) is 1. The van der Waals surface area contributed by atoms with Gasteiger partial charge in [0.05, 0.1) is 6.61 Å². The van der Waals surface area contributed by atoms with Crippen molar-refractivity contribution in [3.63, 3.8) is 0 Å². The molecular weight excluding hydrogens is 202 g/mol. The summed E-state index contributed by atoms with van der Waals surface area (Å²) in [5.74, 6) is 0. The fourth-order valence-corrected chi connectivity index (χ4v) is 2.35. The molecule has 1 atom stereocenters. The summed E-state index contributed by atoms with van der Waals surface area (Å²) in [5, 5.41) is 3.55. The molecule has 0 aromatic rings. The van der Waals surface area contributed by atoms with E-state index >= 15 is 0 Å². The number of rotatable bonds is 9. The Hall–Kier alpha value is -0.120. The zero-order chi connectivity index (χ0) is 11.7. The molecule has 1 fully saturated rings. The third kappa shape index (κ3) is 4.81. The predicted octanol–water partition coefficient (Wildman–Crippen LogP) is 2.21. The lowest BCUT2D eigenvalue weighted by Crippen LogP contribution is -2.35. The van der Waals surface area contributed by atoms with Crippen molar-refractivity contribution in [2.45, 2.75) is 39.0 Å². The summed E-state index contributed by atoms with van der Waals surface area (Å²) >= 11 is 0. The van der Waals surface area contributed by atoms with Gasteiger partial charge in [-0.2, -0.15) is 0 Å². The van der Waals surface area contributed by atoms with Crippen LogP contribution in [0.15, 0.2) is 0 Å². The maximum absolute atomic E-state index is 5.58. The van der Waals surface area contributed by atoms with Gasteiger partial charge in [0.15, 0.2) is 0 Å². The van der Waals surface area contributed by atoms with Crippen LogP contribution in [0, 0.1) is 5.41 Å². The average molecular weight is 229 g/mol. The van der Waals surface area contributed by atoms with Gasteiger partial charge in [-0.25, -0.2) is 0 Å². The van der Waals surface area contributed by atoms with Crippen molar-refractivity contribution in [1.29, 1.82) is 0 Å². The minimum absolute atomic E-state index is 0.406. The highest BCUT2D eigenvalue weighted by Gasteiger charge is 2.33. The van der Waals surface area contributed by atoms with Gasteiger partial charge in [0, 0.05) is 32.3 Å². The molecule has 0 aromatic heterocycles. The van der Waals surface area contributed by atoms with E-state index in [0.29, 0.717) is 5.41 Å². The lowest BCUT2D eigenvalue weighted by molar-refractivity contribution is 0.136. The minimum Gasteiger partial charge on any atom is -0.385 e. The first-order valence-electron chi connectivity index (χ1n) is 6.60. The molecule has 1 unspecified atom stereocenters. The van der Waals surface area contributed by atoms with Crippen molar-refractivity contribution in [1.82, 2.24) is 5.32 Å². The van der Waals surface area contributed by atoms with E-state index in [1.165, 1.54) is 32.1 Å². The molecule has 0 aromatic carbocycles. The van der Waals surface area contributed by atoms with Gasteiger partial charge in [-0.1, -0.05) is 13.3 Å². The van der Waals surface area contributed by atoms with Crippen molar-refractivity contribution in [3.8, 4) is 0 Å². The Bertz CT molecular complexity index is 167. The Morgan fingerprint density at radius 2 is 2.25 bits per heavy atom. The highest BCUT2D eigenvalue weighted by atomic mass is 16.5. The van der Waals surface area contributed by atoms with E-state index in [0.717, 1.165) is 32.9 Å². The lowest BCUT2D eigenvalue weighted by Gasteiger charge is -2.27. The highest BCUT2D eigenvalue weighted by molar-refractivity contribution is 4.85. The van der Waals surface area contributed by atoms with E-state index in [1.807, 2.05) is 0 Å². The topological polar surface area (TPSA) is 30.5 Å². The zero-order valence-corrected chi connectivity index (χ0v) is 10.9. The molecule has 0 radical (unpaired) electrons. The molecule has 0 spiro atoms. The van der Waals surface area contributed by atoms with Crippen LogP contribution in [0.25, 0.3) is 0 Å². The van der Waals surface area contributed by atoms with Crippen molar-refractivity contribution >= 4 is 0 Å². The van der Waals surface area contributed by atoms with Gasteiger partial charge in [0.2, 0.25) is 0 Å². The molecule has 1 saturated heterocycles. The summed E-state index contributed by atoms with van der Waals surface area (Å²) in [6.07, 6.45) is 6.13. The fraction of sp³-hybridized carbons (Fsp3) is 1.00. The Morgan fingerprint density at radius 1 is 1.38 bits per heavy atom. The Labute approximate surface area is 99.9 Å². The van der Waals surface area contributed by atoms with Crippen LogP contribution in [0.1, 0.15) is 39.0 Å². The third-order valence-corrected chi connectivity index (χ3v) is 3.42. The van der Waals surface area contributed by atoms with Crippen LogP contribution in [0.3, 0.4) is 0 Å². The average Bonchev–Trinajstić information content (AvgIpc) is 2.74. The second-order valence-corrected chi connectivity index (χ2v) is 4.93. The van der Waals surface area contributed by atoms with Gasteiger partial charge < -0.3 is 14.8 Å². The first kappa shape index (κ1) is 13.9. The Morgan fingerprint density at radius 3 is 2.88 bits per heavy atom. The van der Waals surface area contributed by atoms with Crippen LogP contribution >= 0.6 is 0 Å². The minimum atomic E-state index is 0.406. The van der Waals surface area contributed by atoms with Gasteiger partial charge in [0.1, 0.15) is 0 Å². The first-order chi connectivity index (χ1) is 7.83. The standard InChI is InChI=1S/C13H27NO2/c1-3-8-14-11-13(7-10-16-12-13)6-4-5-9-15-2/h14H,3-12H2,1-2H3. The van der Waals surface area contributed by atoms with E-state index in [2.05, 4.69) is 12.2 Å². The van der Waals surface area contributed by atoms with Crippen molar-refractivity contribution in [3.05, 3.63) is 0 Å². The van der Waals surface area contributed by atoms with Crippen molar-refractivity contribution < 1.29 is 9.47 Å². The van der Waals surface area contributed by atoms with Gasteiger partial charge >= 0.3 is 0 Å². The number of nitrogens with one attached hydrogen (secondary N) is 1. The summed E-state index contributed by atoms with van der Waals surface area (Å²) in [7, 11) is 1.78. The number of methoxy groups -OCH3 is 1. The first-order valence-corrected chi connectivity index (χ1v) is 6.60. The molecule has 0 bridgehead atoms. The summed E-state index contributed by atoms with van der Waals surface area (Å²) in [4.78, 5) is 0. The molecule has 0 amide bonds. The molecule has 1 aliphatic rings. The summed E-state index contributed by atoms with van der Waals surface area (Å²) < 4.78 is 10.7. The molecule has 96 valence electrons. The van der Waals surface area contributed by atoms with Crippen LogP contribution < -0.4 is 5.32 Å². The normalized spacial score (nSPS) is 25.1. The largest absolute Gasteiger partial charge is 0.385 e. The van der Waals surface area contributed by atoms with Gasteiger partial charge in [0.25, 0.3) is 0 Å². The second kappa shape index (κ2) is 8.04. The lowest BCUT2D eigenvalue weighted by atomic mass is 9.82. The molecule has 1 heterocycles. The molecule has 3 nitrogen and oxygen atoms in total. The monoisotopic (exact) mass is 229 g/mol. The Kier molecular flexibility index (Phi) is 7.01. The van der Waals surface area contributed by atoms with Crippen molar-refractivity contribution in [2.75, 3.05) is 40.0 Å². The van der Waals surface area contributed by atoms with Crippen LogP contribution in [-0.4, -0.2) is 40.0 Å². The smallest absolute Gasteiger partial charge is 0.0535 e. The second-order valence-electron chi connectivity index (χ2n) is 4.93. The van der Waals surface area contributed by atoms with Gasteiger partial charge in [-0.3, -0.25) is 0 Å². The number of ether oxygens (including phenoxy) is 2. The molecule has 0 aliphatic carbocycles. The molecule has 1 N–H and O–H groups in total. The van der Waals surface area contributed by atoms with Crippen LogP contribution in [0.4, 0.5) is 0 Å². The van der Waals surface area contributed by atoms with Gasteiger partial charge in [-0.15, -0.1) is 0 Å². The summed E-state index contributed by atoms with van der Waals surface area (Å²) in [5.41, 5.74) is 0.406. The van der Waals surface area contributed by atoms with E-state index in [-0.39, 0.29) is 0 Å².